The van der Waals surface area contributed by atoms with E-state index in [0.717, 1.165) is 34.5 Å². The van der Waals surface area contributed by atoms with Crippen molar-refractivity contribution in [2.45, 2.75) is 53.1 Å². The third-order valence-electron chi connectivity index (χ3n) is 4.57. The average Bonchev–Trinajstić information content (AvgIpc) is 2.58. The molecule has 0 radical (unpaired) electrons. The van der Waals surface area contributed by atoms with Gasteiger partial charge < -0.3 is 14.7 Å². The summed E-state index contributed by atoms with van der Waals surface area (Å²) in [6.07, 6.45) is 0.793. The maximum atomic E-state index is 11.4. The number of benzene rings is 2. The summed E-state index contributed by atoms with van der Waals surface area (Å²) in [5.41, 5.74) is 3.52. The van der Waals surface area contributed by atoms with Gasteiger partial charge in [0.1, 0.15) is 18.1 Å². The average molecular weight is 355 g/mol. The molecule has 0 spiro atoms. The van der Waals surface area contributed by atoms with Gasteiger partial charge in [0.2, 0.25) is 5.91 Å². The normalized spacial score (nSPS) is 11.3. The molecular formula is C22H29NO3. The van der Waals surface area contributed by atoms with Crippen LogP contribution in [0, 0.1) is 0 Å². The monoisotopic (exact) mass is 355 g/mol. The van der Waals surface area contributed by atoms with E-state index in [-0.39, 0.29) is 11.3 Å². The minimum absolute atomic E-state index is 0.0139. The predicted molar refractivity (Wildman–Crippen MR) is 106 cm³/mol. The van der Waals surface area contributed by atoms with Gasteiger partial charge in [-0.15, -0.1) is 0 Å². The Morgan fingerprint density at radius 1 is 1.08 bits per heavy atom. The van der Waals surface area contributed by atoms with E-state index in [4.69, 9.17) is 4.74 Å². The molecule has 1 amide bonds. The van der Waals surface area contributed by atoms with Crippen LogP contribution < -0.4 is 9.64 Å². The van der Waals surface area contributed by atoms with Crippen molar-refractivity contribution >= 4 is 11.6 Å². The molecule has 0 unspecified atom stereocenters. The summed E-state index contributed by atoms with van der Waals surface area (Å²) in [5.74, 6) is 1.09. The van der Waals surface area contributed by atoms with Crippen molar-refractivity contribution < 1.29 is 14.6 Å². The SMILES string of the molecule is CCc1ccc(COc2ccc(N(C)C(C)=O)cc2)c(C(C)(C)C)c1O. The molecule has 0 fully saturated rings. The fraction of sp³-hybridized carbons (Fsp3) is 0.409. The Morgan fingerprint density at radius 3 is 2.15 bits per heavy atom. The van der Waals surface area contributed by atoms with Crippen molar-refractivity contribution in [2.24, 2.45) is 0 Å². The van der Waals surface area contributed by atoms with Gasteiger partial charge in [-0.25, -0.2) is 0 Å². The smallest absolute Gasteiger partial charge is 0.223 e. The number of amides is 1. The Hall–Kier alpha value is -2.49. The van der Waals surface area contributed by atoms with Crippen LogP contribution in [-0.2, 0) is 23.2 Å². The predicted octanol–water partition coefficient (Wildman–Crippen LogP) is 4.81. The number of hydrogen-bond acceptors (Lipinski definition) is 3. The van der Waals surface area contributed by atoms with E-state index in [1.165, 1.54) is 6.92 Å². The number of phenolic OH excluding ortho intramolecular Hbond substituents is 1. The van der Waals surface area contributed by atoms with Gasteiger partial charge in [0, 0.05) is 25.2 Å². The number of ether oxygens (including phenoxy) is 1. The summed E-state index contributed by atoms with van der Waals surface area (Å²) in [4.78, 5) is 13.0. The maximum absolute atomic E-state index is 11.4. The van der Waals surface area contributed by atoms with Gasteiger partial charge in [0.15, 0.2) is 0 Å². The molecular weight excluding hydrogens is 326 g/mol. The largest absolute Gasteiger partial charge is 0.507 e. The summed E-state index contributed by atoms with van der Waals surface area (Å²) >= 11 is 0. The molecule has 4 nitrogen and oxygen atoms in total. The van der Waals surface area contributed by atoms with Crippen LogP contribution in [-0.4, -0.2) is 18.1 Å². The van der Waals surface area contributed by atoms with Gasteiger partial charge in [-0.05, 0) is 47.2 Å². The van der Waals surface area contributed by atoms with Crippen LogP contribution >= 0.6 is 0 Å². The molecule has 0 saturated carbocycles. The highest BCUT2D eigenvalue weighted by Crippen LogP contribution is 2.37. The molecule has 1 N–H and O–H groups in total. The molecule has 0 atom stereocenters. The van der Waals surface area contributed by atoms with E-state index < -0.39 is 0 Å². The van der Waals surface area contributed by atoms with Crippen LogP contribution in [0.1, 0.15) is 51.3 Å². The quantitative estimate of drug-likeness (QED) is 0.837. The van der Waals surface area contributed by atoms with E-state index >= 15 is 0 Å². The lowest BCUT2D eigenvalue weighted by atomic mass is 9.81. The summed E-state index contributed by atoms with van der Waals surface area (Å²) in [7, 11) is 1.74. The van der Waals surface area contributed by atoms with Crippen LogP contribution in [0.15, 0.2) is 36.4 Å². The second-order valence-electron chi connectivity index (χ2n) is 7.57. The highest BCUT2D eigenvalue weighted by molar-refractivity contribution is 5.90. The summed E-state index contributed by atoms with van der Waals surface area (Å²) in [5, 5.41) is 10.7. The number of rotatable bonds is 5. The third-order valence-corrected chi connectivity index (χ3v) is 4.57. The molecule has 0 aliphatic rings. The van der Waals surface area contributed by atoms with Gasteiger partial charge in [0.25, 0.3) is 0 Å². The molecule has 140 valence electrons. The van der Waals surface area contributed by atoms with Gasteiger partial charge in [-0.1, -0.05) is 39.8 Å². The lowest BCUT2D eigenvalue weighted by Gasteiger charge is -2.25. The molecule has 2 aromatic carbocycles. The summed E-state index contributed by atoms with van der Waals surface area (Å²) in [6, 6.07) is 11.4. The minimum atomic E-state index is -0.179. The highest BCUT2D eigenvalue weighted by atomic mass is 16.5. The van der Waals surface area contributed by atoms with E-state index in [1.54, 1.807) is 11.9 Å². The minimum Gasteiger partial charge on any atom is -0.507 e. The number of aryl methyl sites for hydroxylation is 1. The van der Waals surface area contributed by atoms with E-state index in [0.29, 0.717) is 12.4 Å². The molecule has 4 heteroatoms. The van der Waals surface area contributed by atoms with Crippen molar-refractivity contribution in [2.75, 3.05) is 11.9 Å². The highest BCUT2D eigenvalue weighted by Gasteiger charge is 2.24. The lowest BCUT2D eigenvalue weighted by Crippen LogP contribution is -2.22. The standard InChI is InChI=1S/C22H29NO3/c1-7-16-8-9-17(20(21(16)25)22(3,4)5)14-26-19-12-10-18(11-13-19)23(6)15(2)24/h8-13,25H,7,14H2,1-6H3. The van der Waals surface area contributed by atoms with Crippen molar-refractivity contribution in [3.63, 3.8) is 0 Å². The second-order valence-corrected chi connectivity index (χ2v) is 7.57. The Labute approximate surface area is 156 Å². The van der Waals surface area contributed by atoms with Crippen molar-refractivity contribution in [1.29, 1.82) is 0 Å². The first-order valence-corrected chi connectivity index (χ1v) is 8.96. The Balaban J connectivity index is 2.22. The van der Waals surface area contributed by atoms with Gasteiger partial charge in [-0.2, -0.15) is 0 Å². The van der Waals surface area contributed by atoms with Crippen LogP contribution in [0.2, 0.25) is 0 Å². The Bertz CT molecular complexity index is 773. The molecule has 0 heterocycles. The lowest BCUT2D eigenvalue weighted by molar-refractivity contribution is -0.116. The van der Waals surface area contributed by atoms with Crippen LogP contribution in [0.3, 0.4) is 0 Å². The number of hydrogen-bond donors (Lipinski definition) is 1. The zero-order valence-corrected chi connectivity index (χ0v) is 16.6. The molecule has 0 bridgehead atoms. The van der Waals surface area contributed by atoms with Gasteiger partial charge in [0.05, 0.1) is 0 Å². The molecule has 0 aliphatic heterocycles. The summed E-state index contributed by atoms with van der Waals surface area (Å²) in [6.45, 7) is 10.2. The Morgan fingerprint density at radius 2 is 1.65 bits per heavy atom. The van der Waals surface area contributed by atoms with Crippen LogP contribution in [0.25, 0.3) is 0 Å². The van der Waals surface area contributed by atoms with E-state index in [9.17, 15) is 9.90 Å². The van der Waals surface area contributed by atoms with Crippen LogP contribution in [0.5, 0.6) is 11.5 Å². The topological polar surface area (TPSA) is 49.8 Å². The number of carbonyl (C=O) groups is 1. The van der Waals surface area contributed by atoms with Gasteiger partial charge >= 0.3 is 0 Å². The molecule has 26 heavy (non-hydrogen) atoms. The van der Waals surface area contributed by atoms with E-state index in [2.05, 4.69) is 20.8 Å². The number of aromatic hydroxyl groups is 1. The molecule has 0 aliphatic carbocycles. The maximum Gasteiger partial charge on any atom is 0.223 e. The molecule has 2 aromatic rings. The first-order valence-electron chi connectivity index (χ1n) is 8.96. The number of phenols is 1. The number of carbonyl (C=O) groups excluding carboxylic acids is 1. The second kappa shape index (κ2) is 7.81. The Kier molecular flexibility index (Phi) is 5.96. The summed E-state index contributed by atoms with van der Waals surface area (Å²) < 4.78 is 5.94. The zero-order valence-electron chi connectivity index (χ0n) is 16.6. The van der Waals surface area contributed by atoms with Crippen molar-refractivity contribution in [1.82, 2.24) is 0 Å². The molecule has 2 rings (SSSR count). The first kappa shape index (κ1) is 19.8. The van der Waals surface area contributed by atoms with Crippen molar-refractivity contribution in [3.05, 3.63) is 53.1 Å². The molecule has 0 saturated heterocycles. The first-order chi connectivity index (χ1) is 12.1. The van der Waals surface area contributed by atoms with E-state index in [1.807, 2.05) is 43.3 Å². The third kappa shape index (κ3) is 4.37. The molecule has 0 aromatic heterocycles. The zero-order chi connectivity index (χ0) is 19.5. The van der Waals surface area contributed by atoms with Crippen molar-refractivity contribution in [3.8, 4) is 11.5 Å². The fourth-order valence-corrected chi connectivity index (χ4v) is 3.03. The number of nitrogens with zero attached hydrogens (tertiary/aromatic N) is 1. The van der Waals surface area contributed by atoms with Crippen LogP contribution in [0.4, 0.5) is 5.69 Å². The van der Waals surface area contributed by atoms with Gasteiger partial charge in [-0.3, -0.25) is 4.79 Å². The fourth-order valence-electron chi connectivity index (χ4n) is 3.03. The number of anilines is 1.